The molecule has 4 aromatic carbocycles. The zero-order valence-corrected chi connectivity index (χ0v) is 36.6. The first-order chi connectivity index (χ1) is 22.2. The molecule has 0 N–H and O–H groups in total. The predicted octanol–water partition coefficient (Wildman–Crippen LogP) is 6.44. The molecule has 0 heterocycles. The summed E-state index contributed by atoms with van der Waals surface area (Å²) in [7, 11) is 0. The largest absolute Gasteiger partial charge is 1.00 e. The number of allylic oxidation sites excluding steroid dienone is 4. The summed E-state index contributed by atoms with van der Waals surface area (Å²) in [6.07, 6.45) is 6.74. The molecule has 0 nitrogen and oxygen atoms in total. The third-order valence-corrected chi connectivity index (χ3v) is 10.7. The summed E-state index contributed by atoms with van der Waals surface area (Å²) >= 11 is 1.46. The van der Waals surface area contributed by atoms with Crippen molar-refractivity contribution in [1.29, 1.82) is 0 Å². The fraction of sp³-hybridized carbons (Fsp3) is 0.383. The minimum atomic E-state index is 0. The molecule has 0 aliphatic heterocycles. The van der Waals surface area contributed by atoms with Crippen LogP contribution in [0.15, 0.2) is 96.1 Å². The van der Waals surface area contributed by atoms with Crippen molar-refractivity contribution in [3.05, 3.63) is 153 Å². The first kappa shape index (κ1) is 43.9. The van der Waals surface area contributed by atoms with Crippen LogP contribution in [0.3, 0.4) is 0 Å². The maximum atomic E-state index is 3.53. The van der Waals surface area contributed by atoms with E-state index in [1.54, 1.807) is 0 Å². The molecule has 4 aromatic rings. The minimum Gasteiger partial charge on any atom is -1.00 e. The van der Waals surface area contributed by atoms with Gasteiger partial charge in [0.25, 0.3) is 0 Å². The zero-order chi connectivity index (χ0) is 35.6. The molecule has 0 spiro atoms. The first-order valence-electron chi connectivity index (χ1n) is 17.5. The Hall–Kier alpha value is -2.31. The Bertz CT molecular complexity index is 1710. The minimum absolute atomic E-state index is 0. The molecule has 0 fully saturated rings. The van der Waals surface area contributed by atoms with Crippen LogP contribution in [-0.4, -0.2) is 3.21 Å². The van der Waals surface area contributed by atoms with Gasteiger partial charge in [-0.25, -0.2) is 5.57 Å². The third-order valence-electron chi connectivity index (χ3n) is 9.28. The molecule has 3 heteroatoms. The van der Waals surface area contributed by atoms with Gasteiger partial charge in [-0.3, -0.25) is 6.08 Å². The molecule has 264 valence electrons. The number of hydrogen-bond donors (Lipinski definition) is 0. The molecule has 2 aliphatic rings. The van der Waals surface area contributed by atoms with Gasteiger partial charge in [0, 0.05) is 0 Å². The average molecular weight is 783 g/mol. The summed E-state index contributed by atoms with van der Waals surface area (Å²) < 4.78 is 1.42. The van der Waals surface area contributed by atoms with Crippen LogP contribution in [0.5, 0.6) is 0 Å². The Morgan fingerprint density at radius 1 is 0.640 bits per heavy atom. The van der Waals surface area contributed by atoms with Crippen molar-refractivity contribution in [3.63, 3.8) is 0 Å². The SMILES string of the molecule is CC(C)(C)c1c[c-]c2c(c1)-c1cc(C(C)(C)C)ccc1C2.CC1=[C-]C(C)C=C1C(C)(C)C.Cc1ccc([C](=[Zr+2])c2ccc(C)cc2)cc1.[Cl-].[Cl-]. The fourth-order valence-corrected chi connectivity index (χ4v) is 7.06. The predicted molar refractivity (Wildman–Crippen MR) is 206 cm³/mol. The van der Waals surface area contributed by atoms with Crippen molar-refractivity contribution in [3.8, 4) is 11.1 Å². The van der Waals surface area contributed by atoms with Crippen molar-refractivity contribution in [2.24, 2.45) is 11.3 Å². The van der Waals surface area contributed by atoms with Gasteiger partial charge in [-0.1, -0.05) is 122 Å². The number of rotatable bonds is 2. The molecule has 6 rings (SSSR count). The molecular weight excluding hydrogens is 727 g/mol. The number of aryl methyl sites for hydroxylation is 2. The quantitative estimate of drug-likeness (QED) is 0.181. The second-order valence-corrected chi connectivity index (χ2v) is 18.1. The number of hydrogen-bond acceptors (Lipinski definition) is 0. The van der Waals surface area contributed by atoms with Crippen LogP contribution in [0.1, 0.15) is 121 Å². The van der Waals surface area contributed by atoms with Crippen molar-refractivity contribution >= 4 is 3.21 Å². The van der Waals surface area contributed by atoms with Gasteiger partial charge in [-0.15, -0.1) is 5.56 Å². The summed E-state index contributed by atoms with van der Waals surface area (Å²) in [6.45, 7) is 29.0. The van der Waals surface area contributed by atoms with Crippen LogP contribution in [-0.2, 0) is 41.5 Å². The van der Waals surface area contributed by atoms with Crippen molar-refractivity contribution in [1.82, 2.24) is 0 Å². The molecule has 0 saturated carbocycles. The Labute approximate surface area is 332 Å². The molecule has 1 atom stereocenters. The number of halogens is 2. The average Bonchev–Trinajstić information content (AvgIpc) is 3.55. The van der Waals surface area contributed by atoms with E-state index in [1.807, 2.05) is 0 Å². The summed E-state index contributed by atoms with van der Waals surface area (Å²) in [5.41, 5.74) is 17.2. The van der Waals surface area contributed by atoms with Crippen molar-refractivity contribution < 1.29 is 49.0 Å². The van der Waals surface area contributed by atoms with E-state index in [1.165, 1.54) is 94.2 Å². The molecule has 0 bridgehead atoms. The summed E-state index contributed by atoms with van der Waals surface area (Å²) in [6, 6.07) is 32.6. The maximum Gasteiger partial charge on any atom is -1.00 e. The van der Waals surface area contributed by atoms with Crippen LogP contribution in [0, 0.1) is 37.3 Å². The summed E-state index contributed by atoms with van der Waals surface area (Å²) in [5.74, 6) is 0.518. The molecule has 1 unspecified atom stereocenters. The topological polar surface area (TPSA) is 0 Å². The van der Waals surface area contributed by atoms with E-state index in [0.29, 0.717) is 11.3 Å². The fourth-order valence-electron chi connectivity index (χ4n) is 6.24. The van der Waals surface area contributed by atoms with E-state index in [9.17, 15) is 0 Å². The third kappa shape index (κ3) is 11.3. The Morgan fingerprint density at radius 2 is 1.12 bits per heavy atom. The molecule has 50 heavy (non-hydrogen) atoms. The van der Waals surface area contributed by atoms with E-state index in [0.717, 1.165) is 6.42 Å². The second-order valence-electron chi connectivity index (χ2n) is 16.8. The van der Waals surface area contributed by atoms with Crippen molar-refractivity contribution in [2.45, 2.75) is 107 Å². The standard InChI is InChI=1S/C21H25.C15H14.C11H17.2ClH.Zr/c1-20(2,3)16-9-7-14-11-15-8-10-17(21(4,5)6)13-19(15)18(14)12-16;1-12-3-7-14(8-4-12)11-15-9-5-13(2)6-10-15;1-8-6-9(2)10(7-8)11(3,4)5;;;/h7,9-10,12-13H,11H2,1-6H3;3-10H,1-2H3;7-8H,1-5H3;2*1H;/q-1;;-1;;;+2/p-2. The van der Waals surface area contributed by atoms with E-state index in [4.69, 9.17) is 0 Å². The Kier molecular flexibility index (Phi) is 15.3. The van der Waals surface area contributed by atoms with Gasteiger partial charge in [-0.05, 0) is 17.4 Å². The maximum absolute atomic E-state index is 3.53. The van der Waals surface area contributed by atoms with E-state index < -0.39 is 0 Å². The van der Waals surface area contributed by atoms with Gasteiger partial charge in [0.1, 0.15) is 0 Å². The smallest absolute Gasteiger partial charge is 1.00 e. The Balaban J connectivity index is 0.000000268. The van der Waals surface area contributed by atoms with Gasteiger partial charge >= 0.3 is 112 Å². The molecule has 0 aromatic heterocycles. The first-order valence-corrected chi connectivity index (χ1v) is 18.7. The molecule has 0 amide bonds. The molecule has 0 radical (unpaired) electrons. The number of benzene rings is 4. The van der Waals surface area contributed by atoms with Gasteiger partial charge < -0.3 is 24.8 Å². The Morgan fingerprint density at radius 3 is 1.52 bits per heavy atom. The van der Waals surface area contributed by atoms with Crippen LogP contribution >= 0.6 is 0 Å². The van der Waals surface area contributed by atoms with Crippen LogP contribution in [0.4, 0.5) is 0 Å². The molecule has 0 saturated heterocycles. The van der Waals surface area contributed by atoms with Crippen molar-refractivity contribution in [2.75, 3.05) is 0 Å². The second kappa shape index (κ2) is 17.5. The van der Waals surface area contributed by atoms with Gasteiger partial charge in [0.05, 0.1) is 0 Å². The molecular formula is C47H56Cl2Zr-2. The summed E-state index contributed by atoms with van der Waals surface area (Å²) in [5, 5.41) is 0. The normalized spacial score (nSPS) is 14.7. The monoisotopic (exact) mass is 780 g/mol. The van der Waals surface area contributed by atoms with Crippen LogP contribution in [0.2, 0.25) is 0 Å². The molecule has 2 aliphatic carbocycles. The number of fused-ring (bicyclic) bond motifs is 3. The van der Waals surface area contributed by atoms with Gasteiger partial charge in [0.2, 0.25) is 0 Å². The van der Waals surface area contributed by atoms with E-state index in [-0.39, 0.29) is 35.6 Å². The van der Waals surface area contributed by atoms with Gasteiger partial charge in [-0.2, -0.15) is 41.0 Å². The summed E-state index contributed by atoms with van der Waals surface area (Å²) in [4.78, 5) is 0. The van der Waals surface area contributed by atoms with Gasteiger partial charge in [0.15, 0.2) is 0 Å². The van der Waals surface area contributed by atoms with E-state index >= 15 is 0 Å². The van der Waals surface area contributed by atoms with Crippen LogP contribution in [0.25, 0.3) is 11.1 Å². The van der Waals surface area contributed by atoms with Crippen LogP contribution < -0.4 is 24.8 Å². The van der Waals surface area contributed by atoms with E-state index in [2.05, 4.69) is 187 Å². The zero-order valence-electron chi connectivity index (χ0n) is 32.6.